The van der Waals surface area contributed by atoms with Gasteiger partial charge in [-0.3, -0.25) is 4.79 Å². The van der Waals surface area contributed by atoms with Crippen molar-refractivity contribution in [2.45, 2.75) is 38.2 Å². The van der Waals surface area contributed by atoms with E-state index in [1.165, 1.54) is 4.90 Å². The summed E-state index contributed by atoms with van der Waals surface area (Å²) in [5, 5.41) is 13.7. The first-order valence-corrected chi connectivity index (χ1v) is 15.6. The summed E-state index contributed by atoms with van der Waals surface area (Å²) >= 11 is 0. The number of hydrogen-bond acceptors (Lipinski definition) is 7. The van der Waals surface area contributed by atoms with Crippen molar-refractivity contribution in [3.8, 4) is 11.3 Å². The maximum atomic E-state index is 13.5. The number of anilines is 1. The highest BCUT2D eigenvalue weighted by atomic mass is 16.5. The molecule has 228 valence electrons. The number of carboxylic acid groups (broad SMARTS) is 1. The molecule has 1 aromatic carbocycles. The number of rotatable bonds is 9. The molecule has 1 saturated carbocycles. The van der Waals surface area contributed by atoms with E-state index in [-0.39, 0.29) is 12.0 Å². The average Bonchev–Trinajstić information content (AvgIpc) is 3.01. The van der Waals surface area contributed by atoms with Gasteiger partial charge in [-0.2, -0.15) is 0 Å². The second-order valence-electron chi connectivity index (χ2n) is 12.3. The number of hydrogen-bond donors (Lipinski definition) is 2. The lowest BCUT2D eigenvalue weighted by Gasteiger charge is -2.35. The van der Waals surface area contributed by atoms with Crippen molar-refractivity contribution in [1.29, 1.82) is 0 Å². The predicted octanol–water partition coefficient (Wildman–Crippen LogP) is 4.35. The molecule has 0 spiro atoms. The second kappa shape index (κ2) is 13.3. The summed E-state index contributed by atoms with van der Waals surface area (Å²) in [4.78, 5) is 41.0. The van der Waals surface area contributed by atoms with E-state index in [1.807, 2.05) is 48.7 Å². The number of nitrogens with zero attached hydrogens (tertiary/aromatic N) is 5. The number of aromatic nitrogens is 2. The molecule has 43 heavy (non-hydrogen) atoms. The van der Waals surface area contributed by atoms with Gasteiger partial charge in [-0.1, -0.05) is 18.2 Å². The van der Waals surface area contributed by atoms with Gasteiger partial charge in [0.2, 0.25) is 0 Å². The van der Waals surface area contributed by atoms with E-state index in [0.717, 1.165) is 92.9 Å². The Balaban J connectivity index is 1.08. The summed E-state index contributed by atoms with van der Waals surface area (Å²) in [5.41, 5.74) is 3.02. The third kappa shape index (κ3) is 7.08. The normalized spacial score (nSPS) is 22.6. The number of amides is 2. The lowest BCUT2D eigenvalue weighted by Crippen LogP contribution is -2.45. The Morgan fingerprint density at radius 1 is 1.00 bits per heavy atom. The van der Waals surface area contributed by atoms with Crippen molar-refractivity contribution >= 4 is 28.7 Å². The fourth-order valence-electron chi connectivity index (χ4n) is 6.44. The molecule has 0 radical (unpaired) electrons. The van der Waals surface area contributed by atoms with Crippen LogP contribution in [0.25, 0.3) is 22.2 Å². The molecular weight excluding hydrogens is 544 g/mol. The zero-order chi connectivity index (χ0) is 29.8. The molecule has 3 aliphatic rings. The second-order valence-corrected chi connectivity index (χ2v) is 12.3. The Kier molecular flexibility index (Phi) is 9.04. The molecule has 2 N–H and O–H groups in total. The minimum Gasteiger partial charge on any atom is -0.465 e. The SMILES string of the molecule is CN1CCN(c2ccc(-c3cc(C(=O)NC[C@H]4CC[C@H](CN(CC5CCO5)C(=O)O)CC4)c4ccccc4n3)cn2)CC1. The minimum atomic E-state index is -0.865. The molecular formula is C33H42N6O4. The molecule has 2 saturated heterocycles. The molecule has 1 unspecified atom stereocenters. The maximum absolute atomic E-state index is 13.5. The fourth-order valence-corrected chi connectivity index (χ4v) is 6.44. The highest BCUT2D eigenvalue weighted by Crippen LogP contribution is 2.30. The van der Waals surface area contributed by atoms with Crippen LogP contribution in [0.4, 0.5) is 10.6 Å². The van der Waals surface area contributed by atoms with Gasteiger partial charge in [0.25, 0.3) is 5.91 Å². The minimum absolute atomic E-state index is 0.0464. The largest absolute Gasteiger partial charge is 0.465 e. The zero-order valence-electron chi connectivity index (χ0n) is 25.0. The summed E-state index contributed by atoms with van der Waals surface area (Å²) in [7, 11) is 2.14. The van der Waals surface area contributed by atoms with Gasteiger partial charge < -0.3 is 29.9 Å². The van der Waals surface area contributed by atoms with Crippen molar-refractivity contribution in [3.63, 3.8) is 0 Å². The molecule has 10 heteroatoms. The van der Waals surface area contributed by atoms with E-state index in [4.69, 9.17) is 14.7 Å². The van der Waals surface area contributed by atoms with E-state index in [1.54, 1.807) is 0 Å². The number of carbonyl (C=O) groups excluding carboxylic acids is 1. The van der Waals surface area contributed by atoms with Crippen molar-refractivity contribution in [1.82, 2.24) is 25.1 Å². The molecule has 1 atom stereocenters. The maximum Gasteiger partial charge on any atom is 0.407 e. The smallest absolute Gasteiger partial charge is 0.407 e. The van der Waals surface area contributed by atoms with Gasteiger partial charge in [-0.15, -0.1) is 0 Å². The summed E-state index contributed by atoms with van der Waals surface area (Å²) in [6.45, 7) is 6.32. The fraction of sp³-hybridized carbons (Fsp3) is 0.515. The Morgan fingerprint density at radius 2 is 1.74 bits per heavy atom. The molecule has 3 fully saturated rings. The highest BCUT2D eigenvalue weighted by molar-refractivity contribution is 6.07. The number of benzene rings is 1. The third-order valence-corrected chi connectivity index (χ3v) is 9.32. The molecule has 4 heterocycles. The highest BCUT2D eigenvalue weighted by Gasteiger charge is 2.29. The van der Waals surface area contributed by atoms with E-state index in [2.05, 4.69) is 22.2 Å². The number of ether oxygens (including phenoxy) is 1. The number of para-hydroxylation sites is 1. The average molecular weight is 587 g/mol. The Labute approximate surface area is 253 Å². The van der Waals surface area contributed by atoms with E-state index < -0.39 is 6.09 Å². The van der Waals surface area contributed by atoms with Crippen LogP contribution in [0.5, 0.6) is 0 Å². The Bertz CT molecular complexity index is 1410. The number of piperazine rings is 1. The van der Waals surface area contributed by atoms with E-state index in [0.29, 0.717) is 37.0 Å². The van der Waals surface area contributed by atoms with Crippen LogP contribution in [-0.4, -0.2) is 102 Å². The first kappa shape index (κ1) is 29.3. The number of carbonyl (C=O) groups is 2. The zero-order valence-corrected chi connectivity index (χ0v) is 25.0. The quantitative estimate of drug-likeness (QED) is 0.381. The Morgan fingerprint density at radius 3 is 2.42 bits per heavy atom. The number of fused-ring (bicyclic) bond motifs is 1. The van der Waals surface area contributed by atoms with Gasteiger partial charge in [-0.05, 0) is 75.3 Å². The molecule has 2 amide bonds. The lowest BCUT2D eigenvalue weighted by atomic mass is 9.81. The van der Waals surface area contributed by atoms with Crippen LogP contribution in [0.3, 0.4) is 0 Å². The lowest BCUT2D eigenvalue weighted by molar-refractivity contribution is -0.0653. The monoisotopic (exact) mass is 586 g/mol. The van der Waals surface area contributed by atoms with Crippen LogP contribution < -0.4 is 10.2 Å². The van der Waals surface area contributed by atoms with Crippen LogP contribution in [-0.2, 0) is 4.74 Å². The molecule has 2 aromatic heterocycles. The number of nitrogens with one attached hydrogen (secondary N) is 1. The first-order chi connectivity index (χ1) is 20.9. The van der Waals surface area contributed by atoms with Crippen LogP contribution in [0, 0.1) is 11.8 Å². The molecule has 10 nitrogen and oxygen atoms in total. The van der Waals surface area contributed by atoms with Gasteiger partial charge >= 0.3 is 6.09 Å². The van der Waals surface area contributed by atoms with Crippen molar-refractivity contribution in [2.24, 2.45) is 11.8 Å². The summed E-state index contributed by atoms with van der Waals surface area (Å²) in [6.07, 6.45) is 5.86. The van der Waals surface area contributed by atoms with Crippen molar-refractivity contribution in [3.05, 3.63) is 54.2 Å². The number of likely N-dealkylation sites (N-methyl/N-ethyl adjacent to an activating group) is 1. The molecule has 0 bridgehead atoms. The molecule has 2 aliphatic heterocycles. The molecule has 6 rings (SSSR count). The van der Waals surface area contributed by atoms with Gasteiger partial charge in [0.1, 0.15) is 5.82 Å². The van der Waals surface area contributed by atoms with Crippen LogP contribution in [0.1, 0.15) is 42.5 Å². The van der Waals surface area contributed by atoms with Crippen molar-refractivity contribution < 1.29 is 19.4 Å². The van der Waals surface area contributed by atoms with Gasteiger partial charge in [0.05, 0.1) is 29.4 Å². The van der Waals surface area contributed by atoms with Crippen LogP contribution >= 0.6 is 0 Å². The van der Waals surface area contributed by atoms with Gasteiger partial charge in [0, 0.05) is 63.0 Å². The Hall–Kier alpha value is -3.76. The van der Waals surface area contributed by atoms with Crippen molar-refractivity contribution in [2.75, 3.05) is 64.4 Å². The standard InChI is InChI=1S/C33H42N6O4/c1-37-13-15-38(16-14-37)31-11-10-25(20-34-31)30-18-28(27-4-2-3-5-29(27)36-30)32(40)35-19-23-6-8-24(9-7-23)21-39(33(41)42)22-26-12-17-43-26/h2-5,10-11,18,20,23-24,26H,6-9,12-17,19,21-22H2,1H3,(H,35,40)(H,41,42)/t23-,24-,26?. The van der Waals surface area contributed by atoms with Gasteiger partial charge in [0.15, 0.2) is 0 Å². The van der Waals surface area contributed by atoms with E-state index >= 15 is 0 Å². The predicted molar refractivity (Wildman–Crippen MR) is 166 cm³/mol. The summed E-state index contributed by atoms with van der Waals surface area (Å²) in [6, 6.07) is 13.7. The third-order valence-electron chi connectivity index (χ3n) is 9.32. The van der Waals surface area contributed by atoms with Gasteiger partial charge in [-0.25, -0.2) is 14.8 Å². The van der Waals surface area contributed by atoms with Crippen LogP contribution in [0.2, 0.25) is 0 Å². The molecule has 1 aliphatic carbocycles. The van der Waals surface area contributed by atoms with Crippen LogP contribution in [0.15, 0.2) is 48.7 Å². The summed E-state index contributed by atoms with van der Waals surface area (Å²) < 4.78 is 5.44. The van der Waals surface area contributed by atoms with E-state index in [9.17, 15) is 14.7 Å². The first-order valence-electron chi connectivity index (χ1n) is 15.6. The summed E-state index contributed by atoms with van der Waals surface area (Å²) in [5.74, 6) is 1.60. The number of pyridine rings is 2. The topological polar surface area (TPSA) is 111 Å². The molecule has 3 aromatic rings.